The number of carbonyl (C=O) groups excluding carboxylic acids is 1. The Hall–Kier alpha value is -1.57. The molecule has 2 rings (SSSR count). The Morgan fingerprint density at radius 1 is 1.29 bits per heavy atom. The van der Waals surface area contributed by atoms with Gasteiger partial charge in [-0.2, -0.15) is 0 Å². The zero-order valence-electron chi connectivity index (χ0n) is 8.37. The maximum Gasteiger partial charge on any atom is 0.210 e. The molecule has 0 unspecified atom stereocenters. The van der Waals surface area contributed by atoms with E-state index >= 15 is 0 Å². The Balaban J connectivity index is 2.39. The first-order valence-electron chi connectivity index (χ1n) is 4.81. The van der Waals surface area contributed by atoms with E-state index in [0.29, 0.717) is 11.6 Å². The van der Waals surface area contributed by atoms with Crippen molar-refractivity contribution in [2.45, 2.75) is 13.8 Å². The second-order valence-electron chi connectivity index (χ2n) is 3.82. The summed E-state index contributed by atoms with van der Waals surface area (Å²) in [5.41, 5.74) is 2.41. The summed E-state index contributed by atoms with van der Waals surface area (Å²) in [5.74, 6) is 0.491. The van der Waals surface area contributed by atoms with Gasteiger partial charge in [0.1, 0.15) is 0 Å². The summed E-state index contributed by atoms with van der Waals surface area (Å²) >= 11 is 0. The monoisotopic (exact) mass is 187 g/mol. The molecule has 0 saturated heterocycles. The van der Waals surface area contributed by atoms with Gasteiger partial charge in [0.05, 0.1) is 5.70 Å². The summed E-state index contributed by atoms with van der Waals surface area (Å²) in [6.07, 6.45) is 1.96. The highest BCUT2D eigenvalue weighted by Gasteiger charge is 2.23. The third-order valence-electron chi connectivity index (χ3n) is 2.19. The van der Waals surface area contributed by atoms with Crippen LogP contribution in [0.25, 0.3) is 0 Å². The molecule has 0 saturated carbocycles. The third-order valence-corrected chi connectivity index (χ3v) is 2.19. The van der Waals surface area contributed by atoms with E-state index in [9.17, 15) is 4.79 Å². The highest BCUT2D eigenvalue weighted by Crippen LogP contribution is 2.27. The van der Waals surface area contributed by atoms with Crippen LogP contribution in [0.3, 0.4) is 0 Å². The fourth-order valence-electron chi connectivity index (χ4n) is 1.59. The average Bonchev–Trinajstić information content (AvgIpc) is 2.44. The minimum absolute atomic E-state index is 0.106. The van der Waals surface area contributed by atoms with Gasteiger partial charge in [0, 0.05) is 11.3 Å². The van der Waals surface area contributed by atoms with Crippen molar-refractivity contribution in [1.82, 2.24) is 0 Å². The normalized spacial score (nSPS) is 17.4. The van der Waals surface area contributed by atoms with Gasteiger partial charge in [0.15, 0.2) is 0 Å². The van der Waals surface area contributed by atoms with Crippen LogP contribution in [0.4, 0.5) is 5.69 Å². The van der Waals surface area contributed by atoms with Gasteiger partial charge in [0.25, 0.3) is 0 Å². The summed E-state index contributed by atoms with van der Waals surface area (Å²) in [7, 11) is 0. The van der Waals surface area contributed by atoms with Crippen molar-refractivity contribution in [3.63, 3.8) is 0 Å². The first-order valence-corrected chi connectivity index (χ1v) is 4.81. The van der Waals surface area contributed by atoms with Crippen LogP contribution < -0.4 is 5.32 Å². The van der Waals surface area contributed by atoms with Crippen molar-refractivity contribution in [2.24, 2.45) is 5.92 Å². The number of anilines is 1. The van der Waals surface area contributed by atoms with Crippen LogP contribution in [-0.2, 0) is 0 Å². The fraction of sp³-hybridized carbons (Fsp3) is 0.250. The van der Waals surface area contributed by atoms with E-state index in [0.717, 1.165) is 11.3 Å². The lowest BCUT2D eigenvalue weighted by atomic mass is 10.1. The lowest BCUT2D eigenvalue weighted by Crippen LogP contribution is -2.01. The van der Waals surface area contributed by atoms with Crippen LogP contribution in [0.2, 0.25) is 0 Å². The minimum atomic E-state index is 0.106. The number of carbonyl (C=O) groups is 1. The van der Waals surface area contributed by atoms with Gasteiger partial charge in [-0.05, 0) is 18.1 Å². The number of hydrogen-bond donors (Lipinski definition) is 1. The molecule has 1 aromatic carbocycles. The summed E-state index contributed by atoms with van der Waals surface area (Å²) in [5, 5.41) is 3.13. The molecule has 2 nitrogen and oxygen atoms in total. The average molecular weight is 187 g/mol. The fourth-order valence-corrected chi connectivity index (χ4v) is 1.59. The van der Waals surface area contributed by atoms with Gasteiger partial charge in [-0.3, -0.25) is 4.79 Å². The Bertz CT molecular complexity index is 405. The van der Waals surface area contributed by atoms with Gasteiger partial charge in [-0.25, -0.2) is 0 Å². The van der Waals surface area contributed by atoms with E-state index in [1.54, 1.807) is 0 Å². The van der Waals surface area contributed by atoms with Crippen LogP contribution in [0.1, 0.15) is 24.2 Å². The molecule has 1 aliphatic heterocycles. The van der Waals surface area contributed by atoms with E-state index in [1.165, 1.54) is 0 Å². The van der Waals surface area contributed by atoms with E-state index in [1.807, 2.05) is 30.3 Å². The molecule has 0 radical (unpaired) electrons. The molecular weight excluding hydrogens is 174 g/mol. The van der Waals surface area contributed by atoms with Crippen LogP contribution >= 0.6 is 0 Å². The second-order valence-corrected chi connectivity index (χ2v) is 3.82. The van der Waals surface area contributed by atoms with Crippen LogP contribution in [-0.4, -0.2) is 5.78 Å². The topological polar surface area (TPSA) is 29.1 Å². The lowest BCUT2D eigenvalue weighted by Gasteiger charge is -1.99. The number of allylic oxidation sites excluding steroid dienone is 2. The highest BCUT2D eigenvalue weighted by atomic mass is 16.1. The van der Waals surface area contributed by atoms with Gasteiger partial charge in [0.2, 0.25) is 5.78 Å². The van der Waals surface area contributed by atoms with Crippen molar-refractivity contribution in [3.8, 4) is 0 Å². The van der Waals surface area contributed by atoms with Gasteiger partial charge < -0.3 is 5.32 Å². The number of Topliss-reactive ketones (excluding diaryl/α,β-unsaturated/α-hetero) is 1. The number of nitrogens with one attached hydrogen (secondary N) is 1. The predicted octanol–water partition coefficient (Wildman–Crippen LogP) is 2.83. The molecule has 0 fully saturated rings. The maximum atomic E-state index is 11.8. The zero-order chi connectivity index (χ0) is 10.1. The van der Waals surface area contributed by atoms with Gasteiger partial charge >= 0.3 is 0 Å². The largest absolute Gasteiger partial charge is 0.352 e. The minimum Gasteiger partial charge on any atom is -0.352 e. The molecule has 0 spiro atoms. The molecule has 72 valence electrons. The third kappa shape index (κ3) is 1.43. The zero-order valence-corrected chi connectivity index (χ0v) is 8.37. The molecule has 14 heavy (non-hydrogen) atoms. The molecule has 0 bridgehead atoms. The Morgan fingerprint density at radius 3 is 2.64 bits per heavy atom. The van der Waals surface area contributed by atoms with Crippen molar-refractivity contribution in [3.05, 3.63) is 41.6 Å². The Morgan fingerprint density at radius 2 is 2.00 bits per heavy atom. The molecule has 0 atom stereocenters. The summed E-state index contributed by atoms with van der Waals surface area (Å²) < 4.78 is 0. The molecule has 1 heterocycles. The quantitative estimate of drug-likeness (QED) is 0.685. The molecule has 0 aromatic heterocycles. The molecule has 0 aliphatic carbocycles. The molecule has 1 aliphatic rings. The van der Waals surface area contributed by atoms with Gasteiger partial charge in [-0.1, -0.05) is 32.1 Å². The first-order chi connectivity index (χ1) is 6.68. The smallest absolute Gasteiger partial charge is 0.210 e. The molecule has 1 N–H and O–H groups in total. The van der Waals surface area contributed by atoms with Crippen molar-refractivity contribution in [1.29, 1.82) is 0 Å². The van der Waals surface area contributed by atoms with E-state index in [-0.39, 0.29) is 5.78 Å². The lowest BCUT2D eigenvalue weighted by molar-refractivity contribution is 0.104. The first kappa shape index (κ1) is 9.00. The van der Waals surface area contributed by atoms with Crippen molar-refractivity contribution >= 4 is 11.5 Å². The number of benzene rings is 1. The van der Waals surface area contributed by atoms with Crippen LogP contribution in [0.5, 0.6) is 0 Å². The number of hydrogen-bond acceptors (Lipinski definition) is 2. The summed E-state index contributed by atoms with van der Waals surface area (Å²) in [4.78, 5) is 11.8. The van der Waals surface area contributed by atoms with Crippen molar-refractivity contribution in [2.75, 3.05) is 5.32 Å². The molecular formula is C12H13NO. The van der Waals surface area contributed by atoms with Gasteiger partial charge in [-0.15, -0.1) is 0 Å². The Labute approximate surface area is 83.6 Å². The molecule has 2 heteroatoms. The van der Waals surface area contributed by atoms with E-state index < -0.39 is 0 Å². The number of rotatable bonds is 1. The Kier molecular flexibility index (Phi) is 2.12. The molecule has 1 aromatic rings. The second kappa shape index (κ2) is 3.29. The number of para-hydroxylation sites is 1. The highest BCUT2D eigenvalue weighted by molar-refractivity contribution is 6.18. The standard InChI is InChI=1S/C12H13NO/c1-8(2)7-11-12(14)9-5-3-4-6-10(9)13-11/h3-8,13H,1-2H3/b11-7-. The number of ketones is 1. The van der Waals surface area contributed by atoms with E-state index in [4.69, 9.17) is 0 Å². The maximum absolute atomic E-state index is 11.8. The number of fused-ring (bicyclic) bond motifs is 1. The van der Waals surface area contributed by atoms with Crippen LogP contribution in [0.15, 0.2) is 36.0 Å². The van der Waals surface area contributed by atoms with Crippen LogP contribution in [0, 0.1) is 5.92 Å². The summed E-state index contributed by atoms with van der Waals surface area (Å²) in [6.45, 7) is 4.12. The predicted molar refractivity (Wildman–Crippen MR) is 57.3 cm³/mol. The van der Waals surface area contributed by atoms with E-state index in [2.05, 4.69) is 19.2 Å². The van der Waals surface area contributed by atoms with Crippen molar-refractivity contribution < 1.29 is 4.79 Å². The summed E-state index contributed by atoms with van der Waals surface area (Å²) in [6, 6.07) is 7.59. The molecule has 0 amide bonds. The SMILES string of the molecule is CC(C)/C=C1\Nc2ccccc2C1=O.